The van der Waals surface area contributed by atoms with E-state index in [1.807, 2.05) is 12.3 Å². The van der Waals surface area contributed by atoms with Gasteiger partial charge in [0, 0.05) is 38.4 Å². The summed E-state index contributed by atoms with van der Waals surface area (Å²) in [6.45, 7) is 6.46. The summed E-state index contributed by atoms with van der Waals surface area (Å²) < 4.78 is 0. The number of anilines is 2. The molecule has 1 aromatic rings. The molecule has 0 unspecified atom stereocenters. The highest BCUT2D eigenvalue weighted by Crippen LogP contribution is 2.27. The van der Waals surface area contributed by atoms with Crippen molar-refractivity contribution >= 4 is 11.5 Å². The molecule has 2 aliphatic rings. The maximum absolute atomic E-state index is 6.15. The normalized spacial score (nSPS) is 22.1. The maximum Gasteiger partial charge on any atom is 0.152 e. The molecule has 1 aromatic heterocycles. The molecular weight excluding hydrogens is 236 g/mol. The lowest BCUT2D eigenvalue weighted by atomic mass is 10.1. The molecule has 19 heavy (non-hydrogen) atoms. The van der Waals surface area contributed by atoms with Crippen molar-refractivity contribution in [3.8, 4) is 0 Å². The van der Waals surface area contributed by atoms with Crippen LogP contribution >= 0.6 is 0 Å². The number of nitrogens with zero attached hydrogens (tertiary/aromatic N) is 3. The first kappa shape index (κ1) is 12.7. The van der Waals surface area contributed by atoms with Crippen molar-refractivity contribution in [3.63, 3.8) is 0 Å². The first-order chi connectivity index (χ1) is 9.25. The highest BCUT2D eigenvalue weighted by Gasteiger charge is 2.27. The number of nitrogens with two attached hydrogens (primary N) is 1. The first-order valence-corrected chi connectivity index (χ1v) is 7.46. The highest BCUT2D eigenvalue weighted by atomic mass is 15.3. The Kier molecular flexibility index (Phi) is 3.60. The summed E-state index contributed by atoms with van der Waals surface area (Å²) in [7, 11) is 0. The van der Waals surface area contributed by atoms with Crippen LogP contribution in [0.25, 0.3) is 0 Å². The molecule has 4 nitrogen and oxygen atoms in total. The van der Waals surface area contributed by atoms with E-state index in [2.05, 4.69) is 21.7 Å². The molecule has 4 heteroatoms. The first-order valence-electron chi connectivity index (χ1n) is 7.46. The zero-order chi connectivity index (χ0) is 13.2. The van der Waals surface area contributed by atoms with Crippen LogP contribution in [0.1, 0.15) is 31.2 Å². The molecule has 0 atom stereocenters. The van der Waals surface area contributed by atoms with E-state index in [4.69, 9.17) is 5.73 Å². The average molecular weight is 260 g/mol. The maximum atomic E-state index is 6.15. The molecule has 1 saturated heterocycles. The van der Waals surface area contributed by atoms with Gasteiger partial charge in [-0.15, -0.1) is 0 Å². The molecule has 1 saturated carbocycles. The van der Waals surface area contributed by atoms with E-state index in [9.17, 15) is 0 Å². The summed E-state index contributed by atoms with van der Waals surface area (Å²) in [4.78, 5) is 9.47. The van der Waals surface area contributed by atoms with E-state index in [0.29, 0.717) is 0 Å². The third kappa shape index (κ3) is 2.54. The molecule has 2 heterocycles. The van der Waals surface area contributed by atoms with Gasteiger partial charge >= 0.3 is 0 Å². The minimum Gasteiger partial charge on any atom is -0.396 e. The lowest BCUT2D eigenvalue weighted by Crippen LogP contribution is -2.50. The van der Waals surface area contributed by atoms with Crippen molar-refractivity contribution < 1.29 is 0 Å². The van der Waals surface area contributed by atoms with E-state index in [1.54, 1.807) is 0 Å². The summed E-state index contributed by atoms with van der Waals surface area (Å²) in [5.41, 5.74) is 8.12. The van der Waals surface area contributed by atoms with Crippen LogP contribution < -0.4 is 10.6 Å². The lowest BCUT2D eigenvalue weighted by Gasteiger charge is -2.39. The molecule has 104 valence electrons. The fourth-order valence-corrected chi connectivity index (χ4v) is 3.38. The Morgan fingerprint density at radius 1 is 1.16 bits per heavy atom. The molecule has 0 bridgehead atoms. The number of hydrogen-bond acceptors (Lipinski definition) is 4. The zero-order valence-corrected chi connectivity index (χ0v) is 11.8. The summed E-state index contributed by atoms with van der Waals surface area (Å²) in [5, 5.41) is 0. The predicted molar refractivity (Wildman–Crippen MR) is 79.4 cm³/mol. The van der Waals surface area contributed by atoms with Gasteiger partial charge in [0.1, 0.15) is 0 Å². The lowest BCUT2D eigenvalue weighted by molar-refractivity contribution is 0.187. The van der Waals surface area contributed by atoms with E-state index in [-0.39, 0.29) is 0 Å². The third-order valence-electron chi connectivity index (χ3n) is 4.64. The number of piperazine rings is 1. The topological polar surface area (TPSA) is 45.4 Å². The minimum atomic E-state index is 0.838. The molecule has 2 N–H and O–H groups in total. The van der Waals surface area contributed by atoms with Gasteiger partial charge in [-0.25, -0.2) is 4.98 Å². The SMILES string of the molecule is Cc1ccnc(N2CCN(C3CCCC3)CC2)c1N. The second kappa shape index (κ2) is 5.37. The summed E-state index contributed by atoms with van der Waals surface area (Å²) in [6.07, 6.45) is 7.48. The van der Waals surface area contributed by atoms with Gasteiger partial charge in [0.25, 0.3) is 0 Å². The molecule has 0 amide bonds. The Bertz CT molecular complexity index is 432. The van der Waals surface area contributed by atoms with Gasteiger partial charge in [-0.2, -0.15) is 0 Å². The summed E-state index contributed by atoms with van der Waals surface area (Å²) in [6, 6.07) is 2.82. The van der Waals surface area contributed by atoms with Crippen LogP contribution in [0.15, 0.2) is 12.3 Å². The Morgan fingerprint density at radius 2 is 1.84 bits per heavy atom. The largest absolute Gasteiger partial charge is 0.396 e. The Balaban J connectivity index is 1.64. The van der Waals surface area contributed by atoms with Crippen molar-refractivity contribution in [1.29, 1.82) is 0 Å². The molecular formula is C15H24N4. The van der Waals surface area contributed by atoms with E-state index < -0.39 is 0 Å². The van der Waals surface area contributed by atoms with Gasteiger partial charge in [0.05, 0.1) is 5.69 Å². The molecule has 0 spiro atoms. The van der Waals surface area contributed by atoms with Gasteiger partial charge in [-0.1, -0.05) is 12.8 Å². The number of pyridine rings is 1. The molecule has 1 aliphatic carbocycles. The van der Waals surface area contributed by atoms with Crippen molar-refractivity contribution in [3.05, 3.63) is 17.8 Å². The van der Waals surface area contributed by atoms with Crippen molar-refractivity contribution in [2.24, 2.45) is 0 Å². The Morgan fingerprint density at radius 3 is 2.53 bits per heavy atom. The predicted octanol–water partition coefficient (Wildman–Crippen LogP) is 2.04. The van der Waals surface area contributed by atoms with Crippen LogP contribution in [0.2, 0.25) is 0 Å². The Hall–Kier alpha value is -1.29. The van der Waals surface area contributed by atoms with Gasteiger partial charge in [-0.3, -0.25) is 4.90 Å². The van der Waals surface area contributed by atoms with Gasteiger partial charge in [-0.05, 0) is 31.4 Å². The van der Waals surface area contributed by atoms with Crippen molar-refractivity contribution in [2.75, 3.05) is 36.8 Å². The van der Waals surface area contributed by atoms with Crippen LogP contribution in [0.5, 0.6) is 0 Å². The van der Waals surface area contributed by atoms with E-state index in [1.165, 1.54) is 25.7 Å². The van der Waals surface area contributed by atoms with E-state index in [0.717, 1.165) is 49.3 Å². The second-order valence-electron chi connectivity index (χ2n) is 5.83. The molecule has 1 aliphatic heterocycles. The monoisotopic (exact) mass is 260 g/mol. The molecule has 0 radical (unpaired) electrons. The highest BCUT2D eigenvalue weighted by molar-refractivity contribution is 5.66. The quantitative estimate of drug-likeness (QED) is 0.884. The van der Waals surface area contributed by atoms with Crippen LogP contribution in [0.3, 0.4) is 0 Å². The second-order valence-corrected chi connectivity index (χ2v) is 5.83. The minimum absolute atomic E-state index is 0.838. The number of aryl methyl sites for hydroxylation is 1. The number of hydrogen-bond donors (Lipinski definition) is 1. The number of nitrogen functional groups attached to an aromatic ring is 1. The van der Waals surface area contributed by atoms with E-state index >= 15 is 0 Å². The van der Waals surface area contributed by atoms with Gasteiger partial charge in [0.15, 0.2) is 5.82 Å². The summed E-state index contributed by atoms with van der Waals surface area (Å²) >= 11 is 0. The van der Waals surface area contributed by atoms with Crippen LogP contribution in [-0.4, -0.2) is 42.1 Å². The zero-order valence-electron chi connectivity index (χ0n) is 11.8. The van der Waals surface area contributed by atoms with Crippen LogP contribution in [-0.2, 0) is 0 Å². The fraction of sp³-hybridized carbons (Fsp3) is 0.667. The standard InChI is InChI=1S/C15H24N4/c1-12-6-7-17-15(14(12)16)19-10-8-18(9-11-19)13-4-2-3-5-13/h6-7,13H,2-5,8-11,16H2,1H3. The molecule has 2 fully saturated rings. The number of rotatable bonds is 2. The molecule has 0 aromatic carbocycles. The average Bonchev–Trinajstić information content (AvgIpc) is 2.96. The van der Waals surface area contributed by atoms with Crippen LogP contribution in [0.4, 0.5) is 11.5 Å². The van der Waals surface area contributed by atoms with Gasteiger partial charge < -0.3 is 10.6 Å². The smallest absolute Gasteiger partial charge is 0.152 e. The molecule has 3 rings (SSSR count). The summed E-state index contributed by atoms with van der Waals surface area (Å²) in [5.74, 6) is 0.978. The third-order valence-corrected chi connectivity index (χ3v) is 4.64. The van der Waals surface area contributed by atoms with Gasteiger partial charge in [0.2, 0.25) is 0 Å². The Labute approximate surface area is 115 Å². The van der Waals surface area contributed by atoms with Crippen LogP contribution in [0, 0.1) is 6.92 Å². The fourth-order valence-electron chi connectivity index (χ4n) is 3.38. The van der Waals surface area contributed by atoms with Crippen molar-refractivity contribution in [2.45, 2.75) is 38.6 Å². The van der Waals surface area contributed by atoms with Crippen molar-refractivity contribution in [1.82, 2.24) is 9.88 Å². The number of aromatic nitrogens is 1.